The molecule has 0 amide bonds. The normalized spacial score (nSPS) is 13.9. The zero-order valence-corrected chi connectivity index (χ0v) is 12.3. The highest BCUT2D eigenvalue weighted by atomic mass is 31.2. The van der Waals surface area contributed by atoms with Crippen LogP contribution in [0.5, 0.6) is 0 Å². The first-order chi connectivity index (χ1) is 7.38. The Morgan fingerprint density at radius 1 is 0.625 bits per heavy atom. The first kappa shape index (κ1) is 16.7. The van der Waals surface area contributed by atoms with Crippen LogP contribution in [0.2, 0.25) is 0 Å². The van der Waals surface area contributed by atoms with Gasteiger partial charge < -0.3 is 19.6 Å². The monoisotopic (exact) mass is 270 g/mol. The fraction of sp³-hybridized carbons (Fsp3) is 1.00. The lowest BCUT2D eigenvalue weighted by Gasteiger charge is -2.50. The molecule has 0 rings (SSSR count). The van der Waals surface area contributed by atoms with E-state index in [0.717, 1.165) is 0 Å². The van der Waals surface area contributed by atoms with E-state index in [2.05, 4.69) is 0 Å². The number of hydrogen-bond donors (Lipinski definition) is 4. The van der Waals surface area contributed by atoms with Crippen LogP contribution in [0.3, 0.4) is 0 Å². The highest BCUT2D eigenvalue weighted by Gasteiger charge is 2.56. The standard InChI is InChI=1S/C10H24O4P2/c1-5-9(6-2,15(11)12)10(7-3,8-4)16(13)14/h11-14H,5-8H2,1-4H3. The molecule has 0 radical (unpaired) electrons. The van der Waals surface area contributed by atoms with Crippen molar-refractivity contribution in [3.63, 3.8) is 0 Å². The van der Waals surface area contributed by atoms with Crippen LogP contribution in [0, 0.1) is 0 Å². The molecule has 0 aliphatic carbocycles. The van der Waals surface area contributed by atoms with E-state index >= 15 is 0 Å². The topological polar surface area (TPSA) is 80.9 Å². The Hall–Kier alpha value is 0.700. The molecule has 4 N–H and O–H groups in total. The maximum Gasteiger partial charge on any atom is 0.172 e. The van der Waals surface area contributed by atoms with Gasteiger partial charge in [-0.25, -0.2) is 0 Å². The van der Waals surface area contributed by atoms with Gasteiger partial charge in [0.2, 0.25) is 0 Å². The Morgan fingerprint density at radius 3 is 0.875 bits per heavy atom. The minimum absolute atomic E-state index is 0.545. The molecule has 16 heavy (non-hydrogen) atoms. The third-order valence-electron chi connectivity index (χ3n) is 3.97. The lowest BCUT2D eigenvalue weighted by Crippen LogP contribution is -2.50. The van der Waals surface area contributed by atoms with Gasteiger partial charge in [-0.1, -0.05) is 27.7 Å². The molecule has 0 aromatic carbocycles. The van der Waals surface area contributed by atoms with Gasteiger partial charge in [0.15, 0.2) is 16.8 Å². The van der Waals surface area contributed by atoms with E-state index in [1.54, 1.807) is 0 Å². The molecule has 98 valence electrons. The van der Waals surface area contributed by atoms with Gasteiger partial charge in [-0.15, -0.1) is 0 Å². The fourth-order valence-electron chi connectivity index (χ4n) is 2.75. The first-order valence-corrected chi connectivity index (χ1v) is 8.23. The van der Waals surface area contributed by atoms with Crippen LogP contribution in [-0.4, -0.2) is 29.9 Å². The quantitative estimate of drug-likeness (QED) is 0.536. The fourth-order valence-corrected chi connectivity index (χ4v) is 5.80. The number of rotatable bonds is 7. The average Bonchev–Trinajstić information content (AvgIpc) is 2.25. The van der Waals surface area contributed by atoms with Crippen LogP contribution >= 0.6 is 16.8 Å². The van der Waals surface area contributed by atoms with Crippen LogP contribution in [-0.2, 0) is 0 Å². The van der Waals surface area contributed by atoms with E-state index in [1.807, 2.05) is 27.7 Å². The molecule has 0 aliphatic rings. The van der Waals surface area contributed by atoms with Crippen molar-refractivity contribution < 1.29 is 19.6 Å². The Kier molecular flexibility index (Phi) is 6.87. The van der Waals surface area contributed by atoms with E-state index in [-0.39, 0.29) is 0 Å². The van der Waals surface area contributed by atoms with E-state index in [0.29, 0.717) is 25.7 Å². The van der Waals surface area contributed by atoms with Gasteiger partial charge in [0, 0.05) is 0 Å². The highest BCUT2D eigenvalue weighted by Crippen LogP contribution is 2.66. The van der Waals surface area contributed by atoms with Crippen molar-refractivity contribution in [2.75, 3.05) is 0 Å². The van der Waals surface area contributed by atoms with Crippen LogP contribution in [0.25, 0.3) is 0 Å². The second kappa shape index (κ2) is 6.58. The zero-order chi connectivity index (χ0) is 13.0. The minimum atomic E-state index is -2.18. The summed E-state index contributed by atoms with van der Waals surface area (Å²) in [5, 5.41) is -1.55. The molecule has 0 atom stereocenters. The SMILES string of the molecule is CCC(CC)(P(O)O)C(CC)(CC)P(O)O. The summed E-state index contributed by atoms with van der Waals surface area (Å²) < 4.78 is 0. The average molecular weight is 270 g/mol. The predicted molar refractivity (Wildman–Crippen MR) is 69.3 cm³/mol. The summed E-state index contributed by atoms with van der Waals surface area (Å²) in [4.78, 5) is 38.9. The summed E-state index contributed by atoms with van der Waals surface area (Å²) in [6.07, 6.45) is 2.18. The molecular weight excluding hydrogens is 246 g/mol. The smallest absolute Gasteiger partial charge is 0.172 e. The van der Waals surface area contributed by atoms with Gasteiger partial charge >= 0.3 is 0 Å². The van der Waals surface area contributed by atoms with Gasteiger partial charge in [-0.2, -0.15) is 0 Å². The van der Waals surface area contributed by atoms with Gasteiger partial charge in [-0.3, -0.25) is 0 Å². The molecule has 0 bridgehead atoms. The molecule has 4 nitrogen and oxygen atoms in total. The summed E-state index contributed by atoms with van der Waals surface area (Å²) in [5.74, 6) is 0. The Bertz CT molecular complexity index is 179. The minimum Gasteiger partial charge on any atom is -0.350 e. The summed E-state index contributed by atoms with van der Waals surface area (Å²) >= 11 is 0. The summed E-state index contributed by atoms with van der Waals surface area (Å²) in [6, 6.07) is 0. The van der Waals surface area contributed by atoms with Crippen molar-refractivity contribution in [2.45, 2.75) is 63.7 Å². The first-order valence-electron chi connectivity index (χ1n) is 5.74. The molecule has 6 heteroatoms. The predicted octanol–water partition coefficient (Wildman–Crippen LogP) is 2.70. The van der Waals surface area contributed by atoms with E-state index in [1.165, 1.54) is 0 Å². The van der Waals surface area contributed by atoms with Crippen LogP contribution in [0.4, 0.5) is 0 Å². The van der Waals surface area contributed by atoms with E-state index < -0.39 is 27.1 Å². The van der Waals surface area contributed by atoms with Crippen molar-refractivity contribution in [1.82, 2.24) is 0 Å². The molecule has 0 fully saturated rings. The molecule has 0 spiro atoms. The maximum atomic E-state index is 9.72. The Morgan fingerprint density at radius 2 is 0.812 bits per heavy atom. The molecule has 0 saturated carbocycles. The van der Waals surface area contributed by atoms with E-state index in [4.69, 9.17) is 0 Å². The molecule has 0 unspecified atom stereocenters. The second-order valence-electron chi connectivity index (χ2n) is 4.06. The van der Waals surface area contributed by atoms with Crippen molar-refractivity contribution in [1.29, 1.82) is 0 Å². The maximum absolute atomic E-state index is 9.72. The lowest BCUT2D eigenvalue weighted by atomic mass is 9.82. The van der Waals surface area contributed by atoms with Crippen molar-refractivity contribution in [3.05, 3.63) is 0 Å². The largest absolute Gasteiger partial charge is 0.350 e. The van der Waals surface area contributed by atoms with E-state index in [9.17, 15) is 19.6 Å². The third-order valence-corrected chi connectivity index (χ3v) is 7.80. The molecule has 0 heterocycles. The van der Waals surface area contributed by atoms with Gasteiger partial charge in [0.05, 0.1) is 10.3 Å². The summed E-state index contributed by atoms with van der Waals surface area (Å²) in [6.45, 7) is 7.52. The third kappa shape index (κ3) is 2.43. The van der Waals surface area contributed by atoms with Crippen molar-refractivity contribution in [2.24, 2.45) is 0 Å². The van der Waals surface area contributed by atoms with Crippen molar-refractivity contribution in [3.8, 4) is 0 Å². The van der Waals surface area contributed by atoms with Gasteiger partial charge in [0.1, 0.15) is 0 Å². The highest BCUT2D eigenvalue weighted by molar-refractivity contribution is 7.52. The number of hydrogen-bond acceptors (Lipinski definition) is 4. The van der Waals surface area contributed by atoms with Gasteiger partial charge in [0.25, 0.3) is 0 Å². The molecule has 0 aromatic heterocycles. The lowest BCUT2D eigenvalue weighted by molar-refractivity contribution is 0.275. The van der Waals surface area contributed by atoms with Crippen LogP contribution in [0.15, 0.2) is 0 Å². The van der Waals surface area contributed by atoms with Gasteiger partial charge in [-0.05, 0) is 25.7 Å². The molecular formula is C10H24O4P2. The molecule has 0 saturated heterocycles. The Labute approximate surface area is 101 Å². The van der Waals surface area contributed by atoms with Crippen LogP contribution < -0.4 is 0 Å². The summed E-state index contributed by atoms with van der Waals surface area (Å²) in [7, 11) is -4.37. The van der Waals surface area contributed by atoms with Crippen LogP contribution in [0.1, 0.15) is 53.4 Å². The summed E-state index contributed by atoms with van der Waals surface area (Å²) in [5.41, 5.74) is 0. The molecule has 0 aliphatic heterocycles. The molecule has 0 aromatic rings. The Balaban J connectivity index is 5.58. The second-order valence-corrected chi connectivity index (χ2v) is 6.93. The van der Waals surface area contributed by atoms with Crippen molar-refractivity contribution >= 4 is 16.8 Å². The zero-order valence-electron chi connectivity index (χ0n) is 10.5.